The highest BCUT2D eigenvalue weighted by molar-refractivity contribution is 9.10. The monoisotopic (exact) mass is 499 g/mol. The minimum absolute atomic E-state index is 0.373. The summed E-state index contributed by atoms with van der Waals surface area (Å²) in [5.41, 5.74) is 6.31. The minimum atomic E-state index is -0.373. The molecule has 1 aromatic heterocycles. The van der Waals surface area contributed by atoms with Crippen LogP contribution in [-0.2, 0) is 0 Å². The molecule has 0 aliphatic carbocycles. The second-order valence-corrected chi connectivity index (χ2v) is 8.35. The zero-order valence-electron chi connectivity index (χ0n) is 18.4. The van der Waals surface area contributed by atoms with Gasteiger partial charge in [0.25, 0.3) is 0 Å². The van der Waals surface area contributed by atoms with E-state index in [0.717, 1.165) is 44.9 Å². The largest absolute Gasteiger partial charge is 0.373 e. The van der Waals surface area contributed by atoms with Gasteiger partial charge in [0, 0.05) is 58.5 Å². The molecular weight excluding hydrogens is 477 g/mol. The molecule has 0 bridgehead atoms. The highest BCUT2D eigenvalue weighted by Gasteiger charge is 2.24. The smallest absolute Gasteiger partial charge is 0.323 e. The summed E-state index contributed by atoms with van der Waals surface area (Å²) in [6, 6.07) is 14.5. The number of rotatable bonds is 5. The molecule has 6 nitrogen and oxygen atoms in total. The van der Waals surface area contributed by atoms with Crippen LogP contribution in [0, 0.1) is 0 Å². The second kappa shape index (κ2) is 9.54. The lowest BCUT2D eigenvalue weighted by atomic mass is 9.89. The van der Waals surface area contributed by atoms with Gasteiger partial charge >= 0.3 is 6.03 Å². The Labute approximate surface area is 203 Å². The molecule has 2 radical (unpaired) electrons. The van der Waals surface area contributed by atoms with Gasteiger partial charge in [-0.15, -0.1) is 0 Å². The minimum Gasteiger partial charge on any atom is -0.373 e. The maximum Gasteiger partial charge on any atom is 0.323 e. The van der Waals surface area contributed by atoms with Gasteiger partial charge in [0.2, 0.25) is 0 Å². The van der Waals surface area contributed by atoms with Crippen molar-refractivity contribution in [2.24, 2.45) is 0 Å². The van der Waals surface area contributed by atoms with Crippen LogP contribution in [0.5, 0.6) is 0 Å². The molecule has 1 aliphatic rings. The number of nitrogens with zero attached hydrogens (tertiary/aromatic N) is 2. The topological polar surface area (TPSA) is 69.3 Å². The van der Waals surface area contributed by atoms with E-state index in [2.05, 4.69) is 61.3 Å². The van der Waals surface area contributed by atoms with Gasteiger partial charge in [-0.25, -0.2) is 9.78 Å². The van der Waals surface area contributed by atoms with Crippen LogP contribution >= 0.6 is 15.9 Å². The molecule has 3 N–H and O–H groups in total. The number of halogens is 1. The van der Waals surface area contributed by atoms with E-state index >= 15 is 0 Å². The number of allylic oxidation sites excluding steroid dienone is 1. The number of carbonyl (C=O) groups is 1. The number of para-hydroxylation sites is 1. The molecule has 33 heavy (non-hydrogen) atoms. The summed E-state index contributed by atoms with van der Waals surface area (Å²) in [7, 11) is 8.06. The SMILES string of the molecule is [B]c1cc(Br)c(C2=Cc3cnc(NC)cc3N(CC)C2=C)cc1NC(=O)Nc1ccccc1. The zero-order valence-corrected chi connectivity index (χ0v) is 20.0. The average Bonchev–Trinajstić information content (AvgIpc) is 2.81. The van der Waals surface area contributed by atoms with Gasteiger partial charge in [-0.05, 0) is 36.8 Å². The van der Waals surface area contributed by atoms with E-state index in [0.29, 0.717) is 16.8 Å². The first-order chi connectivity index (χ1) is 15.9. The third-order valence-corrected chi connectivity index (χ3v) is 6.08. The quantitative estimate of drug-likeness (QED) is 0.421. The summed E-state index contributed by atoms with van der Waals surface area (Å²) >= 11 is 3.63. The third kappa shape index (κ3) is 4.66. The summed E-state index contributed by atoms with van der Waals surface area (Å²) in [5.74, 6) is 0.793. The van der Waals surface area contributed by atoms with Crippen LogP contribution in [0.3, 0.4) is 0 Å². The molecule has 3 aromatic rings. The fourth-order valence-corrected chi connectivity index (χ4v) is 4.35. The van der Waals surface area contributed by atoms with Gasteiger partial charge in [0.05, 0.1) is 5.69 Å². The molecule has 0 spiro atoms. The van der Waals surface area contributed by atoms with Gasteiger partial charge in [-0.1, -0.05) is 52.2 Å². The summed E-state index contributed by atoms with van der Waals surface area (Å²) in [6.07, 6.45) is 3.90. The molecular formula is C25H23BBrN5O. The molecule has 2 heterocycles. The van der Waals surface area contributed by atoms with Gasteiger partial charge in [-0.2, -0.15) is 0 Å². The van der Waals surface area contributed by atoms with Gasteiger partial charge in [0.15, 0.2) is 0 Å². The van der Waals surface area contributed by atoms with E-state index in [-0.39, 0.29) is 6.03 Å². The first-order valence-electron chi connectivity index (χ1n) is 10.5. The second-order valence-electron chi connectivity index (χ2n) is 7.49. The van der Waals surface area contributed by atoms with E-state index in [4.69, 9.17) is 7.85 Å². The standard InChI is InChI=1S/C25H23BBrN5O/c1-4-32-15(2)18(10-16-14-29-24(28-3)13-23(16)32)19-11-22(20(26)12-21(19)27)31-25(33)30-17-8-6-5-7-9-17/h5-14H,2,4H2,1,3H3,(H,28,29)(H2,30,31,33). The Morgan fingerprint density at radius 1 is 1.18 bits per heavy atom. The Morgan fingerprint density at radius 3 is 2.64 bits per heavy atom. The Balaban J connectivity index is 1.70. The van der Waals surface area contributed by atoms with Crippen molar-refractivity contribution >= 4 is 69.8 Å². The van der Waals surface area contributed by atoms with Crippen molar-refractivity contribution in [3.63, 3.8) is 0 Å². The van der Waals surface area contributed by atoms with Crippen LogP contribution in [0.4, 0.5) is 27.7 Å². The number of hydrogen-bond donors (Lipinski definition) is 3. The lowest BCUT2D eigenvalue weighted by Gasteiger charge is -2.33. The van der Waals surface area contributed by atoms with Crippen molar-refractivity contribution in [2.75, 3.05) is 34.4 Å². The number of likely N-dealkylation sites (N-methyl/N-ethyl adjacent to an activating group) is 1. The van der Waals surface area contributed by atoms with Crippen molar-refractivity contribution in [3.05, 3.63) is 82.6 Å². The first kappa shape index (κ1) is 22.7. The van der Waals surface area contributed by atoms with Gasteiger partial charge < -0.3 is 20.9 Å². The molecule has 2 amide bonds. The van der Waals surface area contributed by atoms with Gasteiger partial charge in [-0.3, -0.25) is 0 Å². The van der Waals surface area contributed by atoms with Crippen molar-refractivity contribution in [1.82, 2.24) is 4.98 Å². The number of anilines is 4. The van der Waals surface area contributed by atoms with E-state index in [9.17, 15) is 4.79 Å². The maximum atomic E-state index is 12.5. The lowest BCUT2D eigenvalue weighted by Crippen LogP contribution is -2.26. The van der Waals surface area contributed by atoms with Crippen molar-refractivity contribution in [3.8, 4) is 0 Å². The fourth-order valence-electron chi connectivity index (χ4n) is 3.77. The normalized spacial score (nSPS) is 12.6. The number of benzene rings is 2. The summed E-state index contributed by atoms with van der Waals surface area (Å²) in [6.45, 7) is 7.18. The Kier molecular flexibility index (Phi) is 6.56. The summed E-state index contributed by atoms with van der Waals surface area (Å²) in [4.78, 5) is 19.2. The van der Waals surface area contributed by atoms with E-state index in [1.165, 1.54) is 0 Å². The number of amides is 2. The van der Waals surface area contributed by atoms with Crippen LogP contribution in [0.2, 0.25) is 0 Å². The molecule has 164 valence electrons. The van der Waals surface area contributed by atoms with E-state index in [1.807, 2.05) is 55.7 Å². The third-order valence-electron chi connectivity index (χ3n) is 5.42. The van der Waals surface area contributed by atoms with Crippen LogP contribution in [-0.4, -0.2) is 32.5 Å². The van der Waals surface area contributed by atoms with Crippen LogP contribution in [0.1, 0.15) is 18.1 Å². The molecule has 8 heteroatoms. The molecule has 0 fully saturated rings. The molecule has 4 rings (SSSR count). The van der Waals surface area contributed by atoms with Gasteiger partial charge in [0.1, 0.15) is 13.7 Å². The molecule has 1 aliphatic heterocycles. The fraction of sp³-hybridized carbons (Fsp3) is 0.120. The van der Waals surface area contributed by atoms with Crippen molar-refractivity contribution in [1.29, 1.82) is 0 Å². The summed E-state index contributed by atoms with van der Waals surface area (Å²) < 4.78 is 0.806. The number of carbonyl (C=O) groups excluding carboxylic acids is 1. The Hall–Kier alpha value is -3.52. The first-order valence-corrected chi connectivity index (χ1v) is 11.3. The van der Waals surface area contributed by atoms with Crippen molar-refractivity contribution < 1.29 is 4.79 Å². The predicted octanol–water partition coefficient (Wildman–Crippen LogP) is 5.22. The number of hydrogen-bond acceptors (Lipinski definition) is 4. The number of urea groups is 1. The van der Waals surface area contributed by atoms with Crippen LogP contribution in [0.25, 0.3) is 11.6 Å². The number of pyridine rings is 1. The predicted molar refractivity (Wildman–Crippen MR) is 142 cm³/mol. The number of aromatic nitrogens is 1. The van der Waals surface area contributed by atoms with E-state index in [1.54, 1.807) is 6.07 Å². The maximum absolute atomic E-state index is 12.5. The van der Waals surface area contributed by atoms with Crippen molar-refractivity contribution in [2.45, 2.75) is 6.92 Å². The molecule has 2 aromatic carbocycles. The molecule has 0 unspecified atom stereocenters. The average molecular weight is 500 g/mol. The lowest BCUT2D eigenvalue weighted by molar-refractivity contribution is 0.262. The molecule has 0 saturated heterocycles. The number of nitrogens with one attached hydrogen (secondary N) is 3. The highest BCUT2D eigenvalue weighted by Crippen LogP contribution is 2.41. The Bertz CT molecular complexity index is 1260. The zero-order chi connectivity index (χ0) is 23.5. The van der Waals surface area contributed by atoms with E-state index < -0.39 is 0 Å². The van der Waals surface area contributed by atoms with Crippen LogP contribution in [0.15, 0.2) is 71.5 Å². The Morgan fingerprint density at radius 2 is 1.94 bits per heavy atom. The summed E-state index contributed by atoms with van der Waals surface area (Å²) in [5, 5.41) is 8.74. The van der Waals surface area contributed by atoms with Crippen LogP contribution < -0.4 is 26.3 Å². The molecule has 0 saturated carbocycles. The highest BCUT2D eigenvalue weighted by atomic mass is 79.9. The number of fused-ring (bicyclic) bond motifs is 1. The molecule has 0 atom stereocenters.